The standard InChI is InChI=1S/C54H75N19O26P4S5/c1-2-4-25(52(80)81)68-54(84)69-26(53(82)83)16-108-30-11-31(74)70(48(30)79)12-23-5-7-24(8-6-23)47(78)58-9-3-10-90-101(87,105)97-38-36(76)28(95-49(38)71-20-65-32-41(55)59-17-62-44(32)71)14-92-103(89,107)99-40-37(77)29(96-51(40)73-22-67-34-43(57)61-19-64-46(34)73)15-93-102(88,106)98-39-35(75)27(13-91-100(85,86)104)94-50(39)72-21-66-33-42(56)60-18-63-45(33)72/h17-30,35-40,49-51,75-77H,2-16H2,1H3,(H,58,78)(H,80,81)(H,82,83)(H,87,105)(H,88,106)(H,89,107)(H2,55,59,62)(H2,56,60,63)(H2,57,61,64)(H2,68,69,84)(H2,85,86,104)/t23?,24?,25?,26?,27-,28-,29-,30?,35+,36+,37+,38?,39?,40?,49-,50-,51-,101?,102?,103?/m1/s1. The number of nitrogen functional groups attached to an aromatic ring is 3. The quantitative estimate of drug-likeness (QED) is 0.0120. The van der Waals surface area contributed by atoms with Crippen LogP contribution in [0.15, 0.2) is 38.0 Å². The zero-order chi connectivity index (χ0) is 77.9. The molecule has 45 nitrogen and oxygen atoms in total. The molecule has 1 saturated carbocycles. The molecule has 1 aliphatic carbocycles. The monoisotopic (exact) mass is 1690 g/mol. The maximum atomic E-state index is 13.4. The number of hydrogen-bond donors (Lipinski definition) is 16. The van der Waals surface area contributed by atoms with Crippen LogP contribution in [0.5, 0.6) is 0 Å². The fraction of sp³-hybridized carbons (Fsp3) is 0.611. The number of imide groups is 1. The zero-order valence-electron chi connectivity index (χ0n) is 56.3. The largest absolute Gasteiger partial charge is 0.480 e. The number of carbonyl (C=O) groups is 6. The average Bonchev–Trinajstić information content (AvgIpc) is 1.62. The molecule has 11 rings (SSSR count). The number of nitrogens with zero attached hydrogens (tertiary/aromatic N) is 13. The predicted octanol–water partition coefficient (Wildman–Crippen LogP) is -1.71. The number of amides is 5. The maximum Gasteiger partial charge on any atom is 0.327 e. The maximum absolute atomic E-state index is 13.4. The van der Waals surface area contributed by atoms with Crippen LogP contribution >= 0.6 is 38.6 Å². The van der Waals surface area contributed by atoms with Crippen molar-refractivity contribution in [1.82, 2.24) is 79.4 Å². The number of hydrogen-bond acceptors (Lipinski definition) is 36. The smallest absolute Gasteiger partial charge is 0.327 e. The highest BCUT2D eigenvalue weighted by molar-refractivity contribution is 8.08. The van der Waals surface area contributed by atoms with Crippen molar-refractivity contribution in [1.29, 1.82) is 0 Å². The number of rotatable bonds is 35. The third kappa shape index (κ3) is 19.8. The molecule has 10 heterocycles. The highest BCUT2D eigenvalue weighted by atomic mass is 32.5. The second-order valence-corrected chi connectivity index (χ2v) is 37.4. The van der Waals surface area contributed by atoms with Gasteiger partial charge in [-0.3, -0.25) is 46.6 Å². The highest BCUT2D eigenvalue weighted by Gasteiger charge is 2.54. The highest BCUT2D eigenvalue weighted by Crippen LogP contribution is 2.55. The van der Waals surface area contributed by atoms with Gasteiger partial charge in [0, 0.05) is 31.2 Å². The number of aromatic nitrogens is 12. The number of nitrogens with one attached hydrogen (secondary N) is 3. The average molecular weight is 1690 g/mol. The van der Waals surface area contributed by atoms with Gasteiger partial charge in [0.25, 0.3) is 0 Å². The molecule has 5 fully saturated rings. The Morgan fingerprint density at radius 3 is 1.44 bits per heavy atom. The van der Waals surface area contributed by atoms with E-state index in [1.54, 1.807) is 6.92 Å². The number of thioether (sulfide) groups is 1. The van der Waals surface area contributed by atoms with Gasteiger partial charge in [-0.15, -0.1) is 11.8 Å². The number of likely N-dealkylation sites (tertiary alicyclic amines) is 1. The first kappa shape index (κ1) is 83.0. The third-order valence-electron chi connectivity index (χ3n) is 17.9. The molecule has 4 saturated heterocycles. The van der Waals surface area contributed by atoms with E-state index in [1.807, 2.05) is 0 Å². The molecule has 19 N–H and O–H groups in total. The van der Waals surface area contributed by atoms with Crippen LogP contribution in [0.3, 0.4) is 0 Å². The normalized spacial score (nSPS) is 28.4. The number of imidazole rings is 3. The van der Waals surface area contributed by atoms with Gasteiger partial charge >= 0.3 is 44.8 Å². The summed E-state index contributed by atoms with van der Waals surface area (Å²) < 4.78 is 62.4. The van der Waals surface area contributed by atoms with E-state index in [-0.39, 0.29) is 107 Å². The first-order valence-electron chi connectivity index (χ1n) is 32.8. The van der Waals surface area contributed by atoms with Crippen LogP contribution in [0.25, 0.3) is 33.5 Å². The van der Waals surface area contributed by atoms with Crippen molar-refractivity contribution < 1.29 is 125 Å². The lowest BCUT2D eigenvalue weighted by Crippen LogP contribution is -2.52. The minimum absolute atomic E-state index is 0.0280. The SMILES string of the molecule is CCCC(NC(=O)NC(CSC1CC(=O)N(CC2CCC(C(=O)NCCCOP(O)(=S)OC3[C@@H](O)[C@@H](COP(O)(=S)OC4[C@@H](O)[C@@H](COP(O)(=S)OC5[C@@H](O)[C@@H](COP(O)(O)=S)O[C@H]5n5cnc6c(N)ncnc65)O[C@H]4n4cnc5c(N)ncnc54)O[C@H]3n3cnc4c(N)ncnc43)CC2)C1=O)C(=O)O)C(=O)O. The van der Waals surface area contributed by atoms with E-state index < -0.39 is 173 Å². The Morgan fingerprint density at radius 1 is 0.611 bits per heavy atom. The summed E-state index contributed by atoms with van der Waals surface area (Å²) >= 11 is 21.8. The Morgan fingerprint density at radius 2 is 1.03 bits per heavy atom. The molecule has 0 bridgehead atoms. The summed E-state index contributed by atoms with van der Waals surface area (Å²) in [6, 6.07) is -3.75. The van der Waals surface area contributed by atoms with E-state index in [9.17, 15) is 78.8 Å². The van der Waals surface area contributed by atoms with Crippen LogP contribution in [-0.2, 0) is 117 Å². The Bertz CT molecular complexity index is 4510. The third-order valence-corrected chi connectivity index (χ3v) is 24.7. The lowest BCUT2D eigenvalue weighted by atomic mass is 9.81. The number of carboxylic acids is 2. The van der Waals surface area contributed by atoms with Crippen LogP contribution in [0.2, 0.25) is 0 Å². The number of ether oxygens (including phenoxy) is 3. The number of urea groups is 1. The first-order chi connectivity index (χ1) is 51.1. The Labute approximate surface area is 634 Å². The molecule has 18 atom stereocenters. The fourth-order valence-corrected chi connectivity index (χ4v) is 18.6. The lowest BCUT2D eigenvalue weighted by Gasteiger charge is -2.30. The van der Waals surface area contributed by atoms with Crippen LogP contribution in [0.1, 0.15) is 77.0 Å². The number of fused-ring (bicyclic) bond motifs is 3. The minimum Gasteiger partial charge on any atom is -0.480 e. The van der Waals surface area contributed by atoms with Crippen molar-refractivity contribution >= 4 is 173 Å². The minimum atomic E-state index is -4.70. The van der Waals surface area contributed by atoms with Crippen LogP contribution in [0, 0.1) is 11.8 Å². The van der Waals surface area contributed by atoms with Crippen molar-refractivity contribution in [3.63, 3.8) is 0 Å². The van der Waals surface area contributed by atoms with E-state index in [0.717, 1.165) is 35.6 Å². The van der Waals surface area contributed by atoms with Crippen LogP contribution < -0.4 is 33.2 Å². The summed E-state index contributed by atoms with van der Waals surface area (Å²) in [7, 11) is 0. The molecule has 0 spiro atoms. The molecule has 54 heteroatoms. The molecule has 0 radical (unpaired) electrons. The molecule has 592 valence electrons. The van der Waals surface area contributed by atoms with Gasteiger partial charge in [-0.2, -0.15) is 0 Å². The zero-order valence-corrected chi connectivity index (χ0v) is 63.9. The number of carbonyl (C=O) groups excluding carboxylic acids is 4. The van der Waals surface area contributed by atoms with Crippen molar-refractivity contribution in [3.8, 4) is 0 Å². The van der Waals surface area contributed by atoms with Crippen LogP contribution in [0.4, 0.5) is 22.2 Å². The van der Waals surface area contributed by atoms with E-state index >= 15 is 0 Å². The van der Waals surface area contributed by atoms with Crippen LogP contribution in [-0.4, -0.2) is 267 Å². The number of aliphatic carboxylic acids is 2. The molecule has 4 aliphatic heterocycles. The van der Waals surface area contributed by atoms with Gasteiger partial charge in [0.05, 0.1) is 50.7 Å². The molecular formula is C54H75N19O26P4S5. The van der Waals surface area contributed by atoms with E-state index in [2.05, 4.69) is 72.6 Å². The van der Waals surface area contributed by atoms with E-state index in [4.69, 9.17) is 98.5 Å². The van der Waals surface area contributed by atoms with Gasteiger partial charge in [-0.1, -0.05) is 13.3 Å². The predicted molar refractivity (Wildman–Crippen MR) is 386 cm³/mol. The number of carboxylic acid groups (broad SMARTS) is 2. The molecule has 0 aromatic carbocycles. The van der Waals surface area contributed by atoms with Crippen molar-refractivity contribution in [3.05, 3.63) is 38.0 Å². The molecule has 9 unspecified atom stereocenters. The van der Waals surface area contributed by atoms with Gasteiger partial charge < -0.3 is 115 Å². The summed E-state index contributed by atoms with van der Waals surface area (Å²) in [5.41, 5.74) is 18.7. The van der Waals surface area contributed by atoms with E-state index in [1.165, 1.54) is 32.7 Å². The summed E-state index contributed by atoms with van der Waals surface area (Å²) in [6.07, 6.45) is -10.1. The van der Waals surface area contributed by atoms with Crippen molar-refractivity contribution in [2.45, 2.75) is 149 Å². The summed E-state index contributed by atoms with van der Waals surface area (Å²) in [4.78, 5) is 169. The Kier molecular flexibility index (Phi) is 26.9. The van der Waals surface area contributed by atoms with Gasteiger partial charge in [0.2, 0.25) is 17.7 Å². The lowest BCUT2D eigenvalue weighted by molar-refractivity contribution is -0.140. The first-order valence-corrected chi connectivity index (χ1v) is 44.3. The molecular weight excluding hydrogens is 1610 g/mol. The molecule has 5 amide bonds. The Balaban J connectivity index is 0.686. The fourth-order valence-electron chi connectivity index (χ4n) is 12.5. The number of aliphatic hydroxyl groups excluding tert-OH is 3. The topological polar surface area (TPSA) is 645 Å². The molecule has 6 aromatic rings. The molecule has 5 aliphatic rings. The van der Waals surface area contributed by atoms with Gasteiger partial charge in [-0.25, -0.2) is 59.2 Å². The summed E-state index contributed by atoms with van der Waals surface area (Å²) in [5, 5.41) is 61.1. The van der Waals surface area contributed by atoms with Crippen molar-refractivity contribution in [2.24, 2.45) is 11.8 Å². The van der Waals surface area contributed by atoms with Crippen molar-refractivity contribution in [2.75, 3.05) is 62.5 Å². The summed E-state index contributed by atoms with van der Waals surface area (Å²) in [6.45, 7) is -18.7. The van der Waals surface area contributed by atoms with Gasteiger partial charge in [0.1, 0.15) is 103 Å². The van der Waals surface area contributed by atoms with E-state index in [0.29, 0.717) is 32.1 Å². The molecule has 108 heavy (non-hydrogen) atoms. The number of aliphatic hydroxyl groups is 3. The molecule has 6 aromatic heterocycles. The Hall–Kier alpha value is -5.90. The number of anilines is 3. The second kappa shape index (κ2) is 35.0. The summed E-state index contributed by atoms with van der Waals surface area (Å²) in [5.74, 6) is -4.93. The number of nitrogens with two attached hydrogens (primary N) is 3. The second-order valence-electron chi connectivity index (χ2n) is 25.2. The van der Waals surface area contributed by atoms with Gasteiger partial charge in [-0.05, 0) is 91.7 Å². The van der Waals surface area contributed by atoms with Gasteiger partial charge in [0.15, 0.2) is 53.1 Å².